The van der Waals surface area contributed by atoms with E-state index in [2.05, 4.69) is 31.2 Å². The predicted octanol–water partition coefficient (Wildman–Crippen LogP) is 10.0. The predicted molar refractivity (Wildman–Crippen MR) is 143 cm³/mol. The van der Waals surface area contributed by atoms with Crippen molar-refractivity contribution < 1.29 is 4.74 Å². The number of nitrogen functional groups attached to an aromatic ring is 1. The van der Waals surface area contributed by atoms with Crippen molar-refractivity contribution in [3.63, 3.8) is 0 Å². The minimum Gasteiger partial charge on any atom is -0.457 e. The van der Waals surface area contributed by atoms with E-state index in [9.17, 15) is 0 Å². The van der Waals surface area contributed by atoms with E-state index in [-0.39, 0.29) is 0 Å². The van der Waals surface area contributed by atoms with E-state index in [1.807, 2.05) is 24.3 Å². The molecule has 0 aromatic heterocycles. The fourth-order valence-electron chi connectivity index (χ4n) is 5.36. The highest BCUT2D eigenvalue weighted by atomic mass is 16.5. The maximum Gasteiger partial charge on any atom is 0.127 e. The number of ether oxygens (including phenoxy) is 1. The van der Waals surface area contributed by atoms with Crippen molar-refractivity contribution >= 4 is 5.69 Å². The number of benzene rings is 2. The lowest BCUT2D eigenvalue weighted by atomic mass is 9.77. The second-order valence-electron chi connectivity index (χ2n) is 10.3. The van der Waals surface area contributed by atoms with E-state index < -0.39 is 0 Å². The molecule has 0 bridgehead atoms. The molecule has 182 valence electrons. The summed E-state index contributed by atoms with van der Waals surface area (Å²) < 4.78 is 5.94. The molecule has 1 fully saturated rings. The lowest BCUT2D eigenvalue weighted by Crippen LogP contribution is -2.13. The molecule has 3 rings (SSSR count). The Morgan fingerprint density at radius 1 is 0.636 bits per heavy atom. The molecule has 0 amide bonds. The molecule has 2 heteroatoms. The third-order valence-corrected chi connectivity index (χ3v) is 7.53. The summed E-state index contributed by atoms with van der Waals surface area (Å²) in [6.07, 6.45) is 22.8. The van der Waals surface area contributed by atoms with Gasteiger partial charge in [-0.15, -0.1) is 0 Å². The molecule has 0 spiro atoms. The Hall–Kier alpha value is -1.96. The van der Waals surface area contributed by atoms with E-state index in [4.69, 9.17) is 10.5 Å². The van der Waals surface area contributed by atoms with Crippen LogP contribution in [0.25, 0.3) is 0 Å². The van der Waals surface area contributed by atoms with Crippen LogP contribution in [0.3, 0.4) is 0 Å². The number of rotatable bonds is 15. The summed E-state index contributed by atoms with van der Waals surface area (Å²) in [5.74, 6) is 3.42. The van der Waals surface area contributed by atoms with Crippen LogP contribution in [0.2, 0.25) is 0 Å². The number of hydrogen-bond acceptors (Lipinski definition) is 2. The summed E-state index contributed by atoms with van der Waals surface area (Å²) in [6.45, 7) is 2.30. The molecule has 2 aromatic carbocycles. The smallest absolute Gasteiger partial charge is 0.127 e. The van der Waals surface area contributed by atoms with E-state index in [1.54, 1.807) is 0 Å². The maximum absolute atomic E-state index is 5.94. The van der Waals surface area contributed by atoms with Gasteiger partial charge in [0.1, 0.15) is 11.5 Å². The topological polar surface area (TPSA) is 35.2 Å². The van der Waals surface area contributed by atoms with Crippen LogP contribution in [0.15, 0.2) is 48.5 Å². The van der Waals surface area contributed by atoms with Gasteiger partial charge >= 0.3 is 0 Å². The molecule has 1 aliphatic rings. The van der Waals surface area contributed by atoms with Crippen molar-refractivity contribution in [2.75, 3.05) is 5.73 Å². The molecule has 2 N–H and O–H groups in total. The molecular weight excluding hydrogens is 402 g/mol. The largest absolute Gasteiger partial charge is 0.457 e. The molecule has 0 atom stereocenters. The van der Waals surface area contributed by atoms with Crippen LogP contribution in [0.1, 0.15) is 121 Å². The fourth-order valence-corrected chi connectivity index (χ4v) is 5.36. The Bertz CT molecular complexity index is 743. The number of anilines is 1. The summed E-state index contributed by atoms with van der Waals surface area (Å²) in [5.41, 5.74) is 7.99. The molecule has 0 radical (unpaired) electrons. The van der Waals surface area contributed by atoms with Crippen LogP contribution in [-0.4, -0.2) is 0 Å². The molecule has 1 aliphatic carbocycles. The minimum absolute atomic E-state index is 0.726. The van der Waals surface area contributed by atoms with Gasteiger partial charge in [-0.25, -0.2) is 0 Å². The quantitative estimate of drug-likeness (QED) is 0.217. The summed E-state index contributed by atoms with van der Waals surface area (Å²) in [5, 5.41) is 0. The summed E-state index contributed by atoms with van der Waals surface area (Å²) in [6, 6.07) is 16.3. The van der Waals surface area contributed by atoms with E-state index in [1.165, 1.54) is 108 Å². The zero-order valence-electron chi connectivity index (χ0n) is 21.1. The molecule has 0 unspecified atom stereocenters. The molecular formula is C31H47NO. The summed E-state index contributed by atoms with van der Waals surface area (Å²) >= 11 is 0. The first-order valence-corrected chi connectivity index (χ1v) is 13.9. The van der Waals surface area contributed by atoms with Crippen LogP contribution in [-0.2, 0) is 0 Å². The normalized spacial score (nSPS) is 18.3. The molecule has 0 heterocycles. The lowest BCUT2D eigenvalue weighted by Gasteiger charge is -2.29. The first-order chi connectivity index (χ1) is 16.2. The second-order valence-corrected chi connectivity index (χ2v) is 10.3. The van der Waals surface area contributed by atoms with Gasteiger partial charge in [-0.2, -0.15) is 0 Å². The highest BCUT2D eigenvalue weighted by molar-refractivity contribution is 5.43. The first-order valence-electron chi connectivity index (χ1n) is 13.9. The molecule has 1 saturated carbocycles. The average Bonchev–Trinajstić information content (AvgIpc) is 2.85. The van der Waals surface area contributed by atoms with Crippen molar-refractivity contribution in [3.05, 3.63) is 54.1 Å². The summed E-state index contributed by atoms with van der Waals surface area (Å²) in [7, 11) is 0. The van der Waals surface area contributed by atoms with Crippen LogP contribution < -0.4 is 10.5 Å². The Morgan fingerprint density at radius 2 is 1.12 bits per heavy atom. The molecule has 2 nitrogen and oxygen atoms in total. The van der Waals surface area contributed by atoms with Gasteiger partial charge in [-0.05, 0) is 79.5 Å². The van der Waals surface area contributed by atoms with Crippen LogP contribution in [0.5, 0.6) is 11.5 Å². The van der Waals surface area contributed by atoms with Crippen molar-refractivity contribution in [2.24, 2.45) is 5.92 Å². The van der Waals surface area contributed by atoms with Crippen LogP contribution in [0.4, 0.5) is 5.69 Å². The second kappa shape index (κ2) is 15.0. The number of nitrogens with two attached hydrogens (primary N) is 1. The van der Waals surface area contributed by atoms with Crippen molar-refractivity contribution in [1.82, 2.24) is 0 Å². The van der Waals surface area contributed by atoms with Gasteiger partial charge in [0.25, 0.3) is 0 Å². The third kappa shape index (κ3) is 9.82. The fraction of sp³-hybridized carbons (Fsp3) is 0.613. The standard InChI is InChI=1S/C31H47NO/c1-2-3-4-5-6-7-8-9-10-11-12-13-26-14-16-27(17-15-26)28-18-22-30(23-19-28)33-31-24-20-29(32)21-25-31/h18-27H,2-17,32H2,1H3. The Kier molecular flexibility index (Phi) is 11.7. The molecule has 0 saturated heterocycles. The van der Waals surface area contributed by atoms with Crippen molar-refractivity contribution in [1.29, 1.82) is 0 Å². The lowest BCUT2D eigenvalue weighted by molar-refractivity contribution is 0.301. The van der Waals surface area contributed by atoms with Crippen LogP contribution >= 0.6 is 0 Å². The van der Waals surface area contributed by atoms with Gasteiger partial charge in [0.2, 0.25) is 0 Å². The van der Waals surface area contributed by atoms with E-state index >= 15 is 0 Å². The zero-order valence-corrected chi connectivity index (χ0v) is 21.1. The first kappa shape index (κ1) is 25.7. The molecule has 33 heavy (non-hydrogen) atoms. The third-order valence-electron chi connectivity index (χ3n) is 7.53. The van der Waals surface area contributed by atoms with Gasteiger partial charge < -0.3 is 10.5 Å². The van der Waals surface area contributed by atoms with Crippen LogP contribution in [0, 0.1) is 5.92 Å². The maximum atomic E-state index is 5.94. The van der Waals surface area contributed by atoms with Gasteiger partial charge in [-0.1, -0.05) is 96.1 Å². The van der Waals surface area contributed by atoms with Crippen molar-refractivity contribution in [2.45, 2.75) is 116 Å². The highest BCUT2D eigenvalue weighted by Gasteiger charge is 2.22. The highest BCUT2D eigenvalue weighted by Crippen LogP contribution is 2.38. The monoisotopic (exact) mass is 449 g/mol. The zero-order chi connectivity index (χ0) is 23.1. The average molecular weight is 450 g/mol. The van der Waals surface area contributed by atoms with Gasteiger partial charge in [0.15, 0.2) is 0 Å². The van der Waals surface area contributed by atoms with E-state index in [0.717, 1.165) is 29.0 Å². The van der Waals surface area contributed by atoms with Crippen molar-refractivity contribution in [3.8, 4) is 11.5 Å². The van der Waals surface area contributed by atoms with Gasteiger partial charge in [0.05, 0.1) is 0 Å². The Labute approximate surface area is 203 Å². The SMILES string of the molecule is CCCCCCCCCCCCCC1CCC(c2ccc(Oc3ccc(N)cc3)cc2)CC1. The number of unbranched alkanes of at least 4 members (excludes halogenated alkanes) is 10. The van der Waals surface area contributed by atoms with E-state index in [0.29, 0.717) is 0 Å². The minimum atomic E-state index is 0.726. The van der Waals surface area contributed by atoms with Gasteiger partial charge in [0, 0.05) is 5.69 Å². The Morgan fingerprint density at radius 3 is 1.67 bits per heavy atom. The molecule has 2 aromatic rings. The summed E-state index contributed by atoms with van der Waals surface area (Å²) in [4.78, 5) is 0. The van der Waals surface area contributed by atoms with Gasteiger partial charge in [-0.3, -0.25) is 0 Å². The number of hydrogen-bond donors (Lipinski definition) is 1. The molecule has 0 aliphatic heterocycles. The Balaban J connectivity index is 1.24.